The molecule has 232 valence electrons. The Bertz CT molecular complexity index is 2430. The molecule has 2 aliphatic rings. The van der Waals surface area contributed by atoms with E-state index in [0.717, 1.165) is 74.5 Å². The second kappa shape index (κ2) is 11.0. The number of rotatable bonds is 4. The predicted molar refractivity (Wildman–Crippen MR) is 184 cm³/mol. The molecule has 2 bridgehead atoms. The Morgan fingerprint density at radius 1 is 0.872 bits per heavy atom. The average Bonchev–Trinajstić information content (AvgIpc) is 3.80. The first kappa shape index (κ1) is 28.8. The molecule has 4 aromatic heterocycles. The van der Waals surface area contributed by atoms with Crippen LogP contribution in [0.4, 0.5) is 0 Å². The molecule has 1 N–H and O–H groups in total. The lowest BCUT2D eigenvalue weighted by Crippen LogP contribution is -2.43. The quantitative estimate of drug-likeness (QED) is 0.249. The SMILES string of the molecule is Cl.Cn1c(=O)n(-c2ccc(C3=CC4CCC(C3)N4C(=O)c3ncn[nH]3)cc2)c2c3cc(-c4cnc5ccccc5c4)ccc3ncc21. The Balaban J connectivity index is 0.00000324. The molecule has 0 saturated carbocycles. The minimum Gasteiger partial charge on any atom is -0.326 e. The van der Waals surface area contributed by atoms with Gasteiger partial charge in [0, 0.05) is 35.6 Å². The second-order valence-corrected chi connectivity index (χ2v) is 12.1. The van der Waals surface area contributed by atoms with Crippen LogP contribution in [-0.4, -0.2) is 57.2 Å². The average molecular weight is 641 g/mol. The van der Waals surface area contributed by atoms with Gasteiger partial charge in [0.05, 0.1) is 40.0 Å². The highest BCUT2D eigenvalue weighted by molar-refractivity contribution is 6.05. The van der Waals surface area contributed by atoms with Crippen molar-refractivity contribution < 1.29 is 4.79 Å². The molecule has 0 aliphatic carbocycles. The zero-order valence-electron chi connectivity index (χ0n) is 25.4. The number of pyridine rings is 2. The summed E-state index contributed by atoms with van der Waals surface area (Å²) in [6, 6.07) is 24.7. The zero-order valence-corrected chi connectivity index (χ0v) is 26.2. The Labute approximate surface area is 274 Å². The molecule has 3 aromatic carbocycles. The molecule has 47 heavy (non-hydrogen) atoms. The van der Waals surface area contributed by atoms with E-state index in [4.69, 9.17) is 4.98 Å². The number of imidazole rings is 1. The second-order valence-electron chi connectivity index (χ2n) is 12.1. The maximum atomic E-state index is 13.7. The standard InChI is InChI=1S/C36H28N8O2.ClH/c1-42-32-19-38-31-13-8-22(25-14-23-4-2-3-5-30(23)37-18-25)17-29(31)33(32)44(36(42)46)26-9-6-21(7-10-26)24-15-27-11-12-28(16-24)43(27)35(45)34-39-20-40-41-34;/h2-10,13-15,17-20,27-28H,11-12,16H2,1H3,(H,39,40,41);1H. The maximum absolute atomic E-state index is 13.7. The van der Waals surface area contributed by atoms with E-state index in [1.165, 1.54) is 11.9 Å². The molecule has 1 saturated heterocycles. The molecule has 1 amide bonds. The molecule has 1 fully saturated rings. The number of para-hydroxylation sites is 1. The van der Waals surface area contributed by atoms with E-state index in [0.29, 0.717) is 0 Å². The normalized spacial score (nSPS) is 17.3. The Morgan fingerprint density at radius 2 is 1.68 bits per heavy atom. The molecular weight excluding hydrogens is 612 g/mol. The molecule has 9 rings (SSSR count). The van der Waals surface area contributed by atoms with Crippen molar-refractivity contribution in [1.82, 2.24) is 39.2 Å². The van der Waals surface area contributed by atoms with Gasteiger partial charge in [-0.3, -0.25) is 29.0 Å². The fourth-order valence-electron chi connectivity index (χ4n) is 7.26. The molecule has 2 aliphatic heterocycles. The third kappa shape index (κ3) is 4.55. The number of hydrogen-bond donors (Lipinski definition) is 1. The number of amides is 1. The van der Waals surface area contributed by atoms with Gasteiger partial charge in [-0.2, -0.15) is 5.10 Å². The van der Waals surface area contributed by atoms with Crippen LogP contribution in [0.15, 0.2) is 102 Å². The summed E-state index contributed by atoms with van der Waals surface area (Å²) in [5.74, 6) is 0.176. The van der Waals surface area contributed by atoms with Gasteiger partial charge in [0.1, 0.15) is 6.33 Å². The van der Waals surface area contributed by atoms with E-state index in [9.17, 15) is 9.59 Å². The number of hydrogen-bond acceptors (Lipinski definition) is 6. The lowest BCUT2D eigenvalue weighted by atomic mass is 9.94. The number of carbonyl (C=O) groups is 1. The van der Waals surface area contributed by atoms with Crippen LogP contribution in [0.2, 0.25) is 0 Å². The molecule has 11 heteroatoms. The molecule has 0 radical (unpaired) electrons. The van der Waals surface area contributed by atoms with Gasteiger partial charge in [0.2, 0.25) is 5.82 Å². The van der Waals surface area contributed by atoms with Crippen molar-refractivity contribution in [2.24, 2.45) is 7.05 Å². The van der Waals surface area contributed by atoms with E-state index >= 15 is 0 Å². The van der Waals surface area contributed by atoms with Gasteiger partial charge < -0.3 is 4.90 Å². The summed E-state index contributed by atoms with van der Waals surface area (Å²) in [6.45, 7) is 0. The first-order valence-corrected chi connectivity index (χ1v) is 15.4. The van der Waals surface area contributed by atoms with Crippen molar-refractivity contribution in [3.63, 3.8) is 0 Å². The first-order valence-electron chi connectivity index (χ1n) is 15.4. The van der Waals surface area contributed by atoms with E-state index in [1.54, 1.807) is 22.4 Å². The van der Waals surface area contributed by atoms with Crippen LogP contribution in [0.3, 0.4) is 0 Å². The number of aryl methyl sites for hydroxylation is 1. The van der Waals surface area contributed by atoms with Crippen molar-refractivity contribution in [3.8, 4) is 16.8 Å². The van der Waals surface area contributed by atoms with Crippen LogP contribution in [0.1, 0.15) is 35.4 Å². The summed E-state index contributed by atoms with van der Waals surface area (Å²) in [7, 11) is 1.79. The van der Waals surface area contributed by atoms with Crippen molar-refractivity contribution in [3.05, 3.63) is 119 Å². The van der Waals surface area contributed by atoms with Crippen LogP contribution < -0.4 is 5.69 Å². The van der Waals surface area contributed by atoms with E-state index < -0.39 is 0 Å². The lowest BCUT2D eigenvalue weighted by molar-refractivity contribution is 0.0680. The molecule has 0 spiro atoms. The fourth-order valence-corrected chi connectivity index (χ4v) is 7.26. The van der Waals surface area contributed by atoms with Crippen LogP contribution in [0.5, 0.6) is 0 Å². The zero-order chi connectivity index (χ0) is 30.9. The molecule has 2 unspecified atom stereocenters. The number of aromatic nitrogens is 7. The van der Waals surface area contributed by atoms with Gasteiger partial charge >= 0.3 is 5.69 Å². The summed E-state index contributed by atoms with van der Waals surface area (Å²) >= 11 is 0. The Morgan fingerprint density at radius 3 is 2.49 bits per heavy atom. The molecular formula is C36H29ClN8O2. The highest BCUT2D eigenvalue weighted by Gasteiger charge is 2.40. The monoisotopic (exact) mass is 640 g/mol. The largest absolute Gasteiger partial charge is 0.333 e. The van der Waals surface area contributed by atoms with Gasteiger partial charge in [0.25, 0.3) is 5.91 Å². The maximum Gasteiger partial charge on any atom is 0.333 e. The van der Waals surface area contributed by atoms with Gasteiger partial charge in [-0.05, 0) is 72.4 Å². The van der Waals surface area contributed by atoms with Crippen molar-refractivity contribution in [1.29, 1.82) is 0 Å². The topological polar surface area (TPSA) is 115 Å². The number of aromatic amines is 1. The summed E-state index contributed by atoms with van der Waals surface area (Å²) < 4.78 is 3.43. The highest BCUT2D eigenvalue weighted by atomic mass is 35.5. The van der Waals surface area contributed by atoms with Gasteiger partial charge in [0.15, 0.2) is 0 Å². The van der Waals surface area contributed by atoms with Crippen molar-refractivity contribution >= 4 is 56.7 Å². The van der Waals surface area contributed by atoms with Gasteiger partial charge in [-0.25, -0.2) is 9.78 Å². The van der Waals surface area contributed by atoms with Crippen molar-refractivity contribution in [2.45, 2.75) is 31.3 Å². The number of nitrogens with zero attached hydrogens (tertiary/aromatic N) is 7. The fraction of sp³-hybridized carbons (Fsp3) is 0.167. The summed E-state index contributed by atoms with van der Waals surface area (Å²) in [6.07, 6.45) is 9.89. The Hall–Kier alpha value is -5.61. The minimum atomic E-state index is -0.133. The summed E-state index contributed by atoms with van der Waals surface area (Å²) in [4.78, 5) is 42.2. The van der Waals surface area contributed by atoms with Gasteiger partial charge in [-0.1, -0.05) is 42.5 Å². The van der Waals surface area contributed by atoms with E-state index in [-0.39, 0.29) is 41.9 Å². The van der Waals surface area contributed by atoms with Crippen LogP contribution >= 0.6 is 12.4 Å². The van der Waals surface area contributed by atoms with Crippen molar-refractivity contribution in [2.75, 3.05) is 0 Å². The van der Waals surface area contributed by atoms with Crippen LogP contribution in [0, 0.1) is 0 Å². The van der Waals surface area contributed by atoms with Crippen LogP contribution in [-0.2, 0) is 7.05 Å². The lowest BCUT2D eigenvalue weighted by Gasteiger charge is -2.33. The van der Waals surface area contributed by atoms with E-state index in [1.807, 2.05) is 47.5 Å². The number of halogens is 1. The van der Waals surface area contributed by atoms with Crippen LogP contribution in [0.25, 0.3) is 55.2 Å². The molecule has 6 heterocycles. The highest BCUT2D eigenvalue weighted by Crippen LogP contribution is 2.39. The molecule has 2 atom stereocenters. The smallest absolute Gasteiger partial charge is 0.326 e. The predicted octanol–water partition coefficient (Wildman–Crippen LogP) is 6.09. The summed E-state index contributed by atoms with van der Waals surface area (Å²) in [5.41, 5.74) is 8.31. The number of fused-ring (bicyclic) bond motifs is 6. The third-order valence-corrected chi connectivity index (χ3v) is 9.55. The number of benzene rings is 3. The minimum absolute atomic E-state index is 0. The third-order valence-electron chi connectivity index (χ3n) is 9.55. The number of nitrogens with one attached hydrogen (secondary N) is 1. The van der Waals surface area contributed by atoms with E-state index in [2.05, 4.69) is 62.6 Å². The first-order chi connectivity index (χ1) is 22.5. The molecule has 10 nitrogen and oxygen atoms in total. The van der Waals surface area contributed by atoms with Gasteiger partial charge in [-0.15, -0.1) is 12.4 Å². The number of H-pyrrole nitrogens is 1. The molecule has 7 aromatic rings. The number of carbonyl (C=O) groups excluding carboxylic acids is 1. The Kier molecular flexibility index (Phi) is 6.76. The summed E-state index contributed by atoms with van der Waals surface area (Å²) in [5, 5.41) is 8.52.